The molecule has 4 nitrogen and oxygen atoms in total. The van der Waals surface area contributed by atoms with Gasteiger partial charge in [-0.2, -0.15) is 0 Å². The summed E-state index contributed by atoms with van der Waals surface area (Å²) in [6.07, 6.45) is 3.23. The van der Waals surface area contributed by atoms with Crippen molar-refractivity contribution in [2.24, 2.45) is 0 Å². The van der Waals surface area contributed by atoms with E-state index in [1.54, 1.807) is 25.4 Å². The number of hydrogen-bond acceptors (Lipinski definition) is 4. The molecule has 1 heterocycles. The summed E-state index contributed by atoms with van der Waals surface area (Å²) >= 11 is 0. The van der Waals surface area contributed by atoms with Gasteiger partial charge in [-0.15, -0.1) is 0 Å². The van der Waals surface area contributed by atoms with Crippen LogP contribution in [0, 0.1) is 0 Å². The maximum atomic E-state index is 5.59. The number of nitrogen functional groups attached to an aromatic ring is 1. The molecule has 0 aliphatic carbocycles. The molecule has 0 amide bonds. The lowest BCUT2D eigenvalue weighted by Crippen LogP contribution is -2.05. The lowest BCUT2D eigenvalue weighted by molar-refractivity contribution is 0.146. The predicted octanol–water partition coefficient (Wildman–Crippen LogP) is 1.33. The van der Waals surface area contributed by atoms with E-state index in [1.165, 1.54) is 0 Å². The minimum absolute atomic E-state index is 0.457. The first-order chi connectivity index (χ1) is 6.77. The molecule has 0 saturated heterocycles. The molecule has 76 valence electrons. The van der Waals surface area contributed by atoms with E-state index in [4.69, 9.17) is 15.2 Å². The van der Waals surface area contributed by atoms with Gasteiger partial charge >= 0.3 is 0 Å². The third-order valence-corrected chi connectivity index (χ3v) is 1.70. The Morgan fingerprint density at radius 3 is 3.00 bits per heavy atom. The van der Waals surface area contributed by atoms with Gasteiger partial charge in [0.1, 0.15) is 18.2 Å². The van der Waals surface area contributed by atoms with Gasteiger partial charge in [-0.25, -0.2) is 4.98 Å². The molecule has 1 aromatic rings. The summed E-state index contributed by atoms with van der Waals surface area (Å²) in [5.74, 6) is 1.13. The number of nitrogens with zero attached hydrogens (tertiary/aromatic N) is 1. The molecule has 0 atom stereocenters. The van der Waals surface area contributed by atoms with E-state index in [0.29, 0.717) is 24.8 Å². The fraction of sp³-hybridized carbons (Fsp3) is 0.300. The Kier molecular flexibility index (Phi) is 3.94. The van der Waals surface area contributed by atoms with Gasteiger partial charge < -0.3 is 15.2 Å². The molecule has 0 radical (unpaired) electrons. The Morgan fingerprint density at radius 2 is 2.36 bits per heavy atom. The van der Waals surface area contributed by atoms with Crippen molar-refractivity contribution in [3.8, 4) is 5.75 Å². The third kappa shape index (κ3) is 2.74. The van der Waals surface area contributed by atoms with Crippen molar-refractivity contribution in [3.63, 3.8) is 0 Å². The van der Waals surface area contributed by atoms with E-state index < -0.39 is 0 Å². The van der Waals surface area contributed by atoms with Crippen LogP contribution in [-0.2, 0) is 4.74 Å². The number of hydrogen-bond donors (Lipinski definition) is 1. The monoisotopic (exact) mass is 194 g/mol. The van der Waals surface area contributed by atoms with E-state index in [9.17, 15) is 0 Å². The topological polar surface area (TPSA) is 57.4 Å². The van der Waals surface area contributed by atoms with Crippen molar-refractivity contribution in [1.29, 1.82) is 0 Å². The number of pyridine rings is 1. The minimum atomic E-state index is 0.457. The highest BCUT2D eigenvalue weighted by atomic mass is 16.5. The summed E-state index contributed by atoms with van der Waals surface area (Å²) in [7, 11) is 1.62. The molecule has 0 saturated carbocycles. The van der Waals surface area contributed by atoms with E-state index in [0.717, 1.165) is 5.56 Å². The first-order valence-corrected chi connectivity index (χ1v) is 4.27. The SMILES string of the molecule is C=Cc1cc(OCCOC)cnc1N. The van der Waals surface area contributed by atoms with Gasteiger partial charge in [0.15, 0.2) is 0 Å². The average molecular weight is 194 g/mol. The van der Waals surface area contributed by atoms with Gasteiger partial charge in [0.25, 0.3) is 0 Å². The minimum Gasteiger partial charge on any atom is -0.490 e. The highest BCUT2D eigenvalue weighted by Gasteiger charge is 1.99. The highest BCUT2D eigenvalue weighted by molar-refractivity contribution is 5.60. The third-order valence-electron chi connectivity index (χ3n) is 1.70. The van der Waals surface area contributed by atoms with Crippen LogP contribution in [0.2, 0.25) is 0 Å². The molecule has 14 heavy (non-hydrogen) atoms. The van der Waals surface area contributed by atoms with Crippen LogP contribution in [0.15, 0.2) is 18.8 Å². The van der Waals surface area contributed by atoms with Gasteiger partial charge in [-0.3, -0.25) is 0 Å². The van der Waals surface area contributed by atoms with E-state index in [-0.39, 0.29) is 0 Å². The Balaban J connectivity index is 2.64. The number of nitrogens with two attached hydrogens (primary N) is 1. The first-order valence-electron chi connectivity index (χ1n) is 4.27. The highest BCUT2D eigenvalue weighted by Crippen LogP contribution is 2.17. The van der Waals surface area contributed by atoms with Gasteiger partial charge in [0.2, 0.25) is 0 Å². The number of aromatic nitrogens is 1. The molecule has 0 fully saturated rings. The molecule has 2 N–H and O–H groups in total. The van der Waals surface area contributed by atoms with Gasteiger partial charge in [-0.1, -0.05) is 12.7 Å². The summed E-state index contributed by atoms with van der Waals surface area (Å²) in [6, 6.07) is 1.80. The molecule has 1 rings (SSSR count). The van der Waals surface area contributed by atoms with Crippen LogP contribution in [0.3, 0.4) is 0 Å². The van der Waals surface area contributed by atoms with Gasteiger partial charge in [-0.05, 0) is 6.07 Å². The summed E-state index contributed by atoms with van der Waals surface area (Å²) in [6.45, 7) is 4.68. The van der Waals surface area contributed by atoms with Gasteiger partial charge in [0.05, 0.1) is 12.8 Å². The number of methoxy groups -OCH3 is 1. The normalized spacial score (nSPS) is 9.79. The van der Waals surface area contributed by atoms with Crippen LogP contribution in [-0.4, -0.2) is 25.3 Å². The maximum Gasteiger partial charge on any atom is 0.138 e. The Morgan fingerprint density at radius 1 is 1.57 bits per heavy atom. The fourth-order valence-electron chi connectivity index (χ4n) is 0.957. The molecule has 0 aliphatic rings. The molecule has 0 bridgehead atoms. The fourth-order valence-corrected chi connectivity index (χ4v) is 0.957. The van der Waals surface area contributed by atoms with Crippen LogP contribution in [0.5, 0.6) is 5.75 Å². The molecule has 4 heteroatoms. The second-order valence-electron chi connectivity index (χ2n) is 2.69. The smallest absolute Gasteiger partial charge is 0.138 e. The zero-order valence-corrected chi connectivity index (χ0v) is 8.19. The number of rotatable bonds is 5. The molecule has 0 aliphatic heterocycles. The van der Waals surface area contributed by atoms with Crippen LogP contribution < -0.4 is 10.5 Å². The quantitative estimate of drug-likeness (QED) is 0.718. The number of ether oxygens (including phenoxy) is 2. The van der Waals surface area contributed by atoms with Crippen molar-refractivity contribution in [2.75, 3.05) is 26.1 Å². The van der Waals surface area contributed by atoms with Crippen molar-refractivity contribution >= 4 is 11.9 Å². The van der Waals surface area contributed by atoms with Crippen LogP contribution in [0.25, 0.3) is 6.08 Å². The van der Waals surface area contributed by atoms with E-state index in [2.05, 4.69) is 11.6 Å². The summed E-state index contributed by atoms with van der Waals surface area (Å²) in [5, 5.41) is 0. The number of anilines is 1. The summed E-state index contributed by atoms with van der Waals surface area (Å²) in [4.78, 5) is 3.97. The lowest BCUT2D eigenvalue weighted by atomic mass is 10.2. The Labute approximate surface area is 83.4 Å². The second kappa shape index (κ2) is 5.24. The van der Waals surface area contributed by atoms with Crippen LogP contribution in [0.4, 0.5) is 5.82 Å². The van der Waals surface area contributed by atoms with Crippen molar-refractivity contribution in [2.45, 2.75) is 0 Å². The van der Waals surface area contributed by atoms with Crippen LogP contribution in [0.1, 0.15) is 5.56 Å². The predicted molar refractivity (Wildman–Crippen MR) is 56.1 cm³/mol. The average Bonchev–Trinajstić information content (AvgIpc) is 2.21. The lowest BCUT2D eigenvalue weighted by Gasteiger charge is -2.06. The zero-order chi connectivity index (χ0) is 10.4. The van der Waals surface area contributed by atoms with Crippen molar-refractivity contribution < 1.29 is 9.47 Å². The Hall–Kier alpha value is -1.55. The summed E-state index contributed by atoms with van der Waals surface area (Å²) in [5.41, 5.74) is 6.37. The van der Waals surface area contributed by atoms with Gasteiger partial charge in [0, 0.05) is 12.7 Å². The molecule has 1 aromatic heterocycles. The van der Waals surface area contributed by atoms with Crippen molar-refractivity contribution in [3.05, 3.63) is 24.4 Å². The summed E-state index contributed by atoms with van der Waals surface area (Å²) < 4.78 is 10.2. The van der Waals surface area contributed by atoms with E-state index >= 15 is 0 Å². The molecular weight excluding hydrogens is 180 g/mol. The molecule has 0 aromatic carbocycles. The molecule has 0 spiro atoms. The molecule has 0 unspecified atom stereocenters. The van der Waals surface area contributed by atoms with Crippen LogP contribution >= 0.6 is 0 Å². The maximum absolute atomic E-state index is 5.59. The first kappa shape index (κ1) is 10.5. The largest absolute Gasteiger partial charge is 0.490 e. The Bertz CT molecular complexity index is 313. The standard InChI is InChI=1S/C10H14N2O2/c1-3-8-6-9(7-12-10(8)11)14-5-4-13-2/h3,6-7H,1,4-5H2,2H3,(H2,11,12). The second-order valence-corrected chi connectivity index (χ2v) is 2.69. The van der Waals surface area contributed by atoms with Crippen molar-refractivity contribution in [1.82, 2.24) is 4.98 Å². The van der Waals surface area contributed by atoms with E-state index in [1.807, 2.05) is 0 Å². The molecular formula is C10H14N2O2. The zero-order valence-electron chi connectivity index (χ0n) is 8.19.